The number of rotatable bonds is 5. The number of esters is 1. The summed E-state index contributed by atoms with van der Waals surface area (Å²) < 4.78 is 4.62. The second-order valence-electron chi connectivity index (χ2n) is 4.86. The fourth-order valence-corrected chi connectivity index (χ4v) is 1.73. The van der Waals surface area contributed by atoms with E-state index >= 15 is 0 Å². The van der Waals surface area contributed by atoms with Crippen LogP contribution in [0.1, 0.15) is 25.8 Å². The number of carbonyl (C=O) groups is 2. The van der Waals surface area contributed by atoms with Gasteiger partial charge in [-0.05, 0) is 31.9 Å². The van der Waals surface area contributed by atoms with Crippen molar-refractivity contribution in [2.75, 3.05) is 12.8 Å². The van der Waals surface area contributed by atoms with Crippen LogP contribution in [0.15, 0.2) is 24.3 Å². The Bertz CT molecular complexity index is 470. The first-order valence-electron chi connectivity index (χ1n) is 6.09. The summed E-state index contributed by atoms with van der Waals surface area (Å²) in [5.74, 6) is -0.682. The predicted octanol–water partition coefficient (Wildman–Crippen LogP) is 1.27. The minimum absolute atomic E-state index is 0.210. The summed E-state index contributed by atoms with van der Waals surface area (Å²) in [6, 6.07) is 7.40. The van der Waals surface area contributed by atoms with Gasteiger partial charge < -0.3 is 15.8 Å². The van der Waals surface area contributed by atoms with Gasteiger partial charge in [-0.15, -0.1) is 0 Å². The molecule has 0 aliphatic heterocycles. The Morgan fingerprint density at radius 2 is 1.95 bits per heavy atom. The Morgan fingerprint density at radius 3 is 2.53 bits per heavy atom. The molecule has 3 N–H and O–H groups in total. The summed E-state index contributed by atoms with van der Waals surface area (Å²) in [6.07, 6.45) is 0.810. The quantitative estimate of drug-likeness (QED) is 0.620. The first-order valence-corrected chi connectivity index (χ1v) is 6.09. The number of hydrogen-bond donors (Lipinski definition) is 2. The van der Waals surface area contributed by atoms with Crippen LogP contribution >= 0.6 is 0 Å². The van der Waals surface area contributed by atoms with E-state index in [-0.39, 0.29) is 12.3 Å². The minimum Gasteiger partial charge on any atom is -0.467 e. The molecule has 0 unspecified atom stereocenters. The zero-order valence-corrected chi connectivity index (χ0v) is 11.5. The maximum absolute atomic E-state index is 11.8. The number of amides is 1. The summed E-state index contributed by atoms with van der Waals surface area (Å²) in [5.41, 5.74) is 6.37. The van der Waals surface area contributed by atoms with Crippen LogP contribution in [0, 0.1) is 0 Å². The topological polar surface area (TPSA) is 81.4 Å². The number of methoxy groups -OCH3 is 1. The Balaban J connectivity index is 2.53. The van der Waals surface area contributed by atoms with Crippen LogP contribution in [0.25, 0.3) is 0 Å². The number of hydrogen-bond acceptors (Lipinski definition) is 4. The van der Waals surface area contributed by atoms with Crippen LogP contribution in [0.2, 0.25) is 0 Å². The number of benzene rings is 1. The van der Waals surface area contributed by atoms with Crippen molar-refractivity contribution in [2.24, 2.45) is 0 Å². The maximum atomic E-state index is 11.8. The Kier molecular flexibility index (Phi) is 4.92. The summed E-state index contributed by atoms with van der Waals surface area (Å²) in [7, 11) is 1.29. The van der Waals surface area contributed by atoms with Crippen molar-refractivity contribution in [1.82, 2.24) is 5.32 Å². The Hall–Kier alpha value is -2.04. The molecule has 0 heterocycles. The average Bonchev–Trinajstić information content (AvgIpc) is 2.36. The lowest BCUT2D eigenvalue weighted by atomic mass is 10.0. The molecular weight excluding hydrogens is 244 g/mol. The summed E-state index contributed by atoms with van der Waals surface area (Å²) in [4.78, 5) is 23.2. The monoisotopic (exact) mass is 264 g/mol. The zero-order chi connectivity index (χ0) is 14.5. The Morgan fingerprint density at radius 1 is 1.32 bits per heavy atom. The molecule has 1 amide bonds. The second kappa shape index (κ2) is 6.22. The maximum Gasteiger partial charge on any atom is 0.330 e. The molecule has 0 atom stereocenters. The number of nitrogens with one attached hydrogen (secondary N) is 1. The van der Waals surface area contributed by atoms with Crippen molar-refractivity contribution in [3.63, 3.8) is 0 Å². The van der Waals surface area contributed by atoms with Crippen LogP contribution in [0.3, 0.4) is 0 Å². The standard InChI is InChI=1S/C14H20N2O3/c1-14(2,13(18)19-3)16-12(17)9-8-10-6-4-5-7-11(10)15/h4-7H,8-9,15H2,1-3H3,(H,16,17). The van der Waals surface area contributed by atoms with Gasteiger partial charge in [0.1, 0.15) is 5.54 Å². The van der Waals surface area contributed by atoms with Gasteiger partial charge >= 0.3 is 5.97 Å². The van der Waals surface area contributed by atoms with Crippen LogP contribution in [-0.2, 0) is 20.7 Å². The van der Waals surface area contributed by atoms with Gasteiger partial charge in [-0.25, -0.2) is 4.79 Å². The first-order chi connectivity index (χ1) is 8.86. The lowest BCUT2D eigenvalue weighted by Crippen LogP contribution is -2.50. The van der Waals surface area contributed by atoms with Gasteiger partial charge in [0, 0.05) is 12.1 Å². The van der Waals surface area contributed by atoms with E-state index in [0.29, 0.717) is 12.1 Å². The van der Waals surface area contributed by atoms with Gasteiger partial charge in [0.2, 0.25) is 5.91 Å². The molecule has 104 valence electrons. The lowest BCUT2D eigenvalue weighted by Gasteiger charge is -2.23. The molecule has 1 aromatic rings. The van der Waals surface area contributed by atoms with Gasteiger partial charge in [-0.2, -0.15) is 0 Å². The van der Waals surface area contributed by atoms with Crippen molar-refractivity contribution in [3.8, 4) is 0 Å². The summed E-state index contributed by atoms with van der Waals surface area (Å²) >= 11 is 0. The molecule has 5 nitrogen and oxygen atoms in total. The average molecular weight is 264 g/mol. The van der Waals surface area contributed by atoms with E-state index in [1.54, 1.807) is 19.9 Å². The number of aryl methyl sites for hydroxylation is 1. The third-order valence-electron chi connectivity index (χ3n) is 2.82. The molecule has 19 heavy (non-hydrogen) atoms. The van der Waals surface area contributed by atoms with Crippen LogP contribution in [0.5, 0.6) is 0 Å². The highest BCUT2D eigenvalue weighted by atomic mass is 16.5. The number of anilines is 1. The van der Waals surface area contributed by atoms with E-state index in [1.807, 2.05) is 18.2 Å². The normalized spacial score (nSPS) is 10.9. The first kappa shape index (κ1) is 15.0. The molecule has 0 aromatic heterocycles. The SMILES string of the molecule is COC(=O)C(C)(C)NC(=O)CCc1ccccc1N. The second-order valence-corrected chi connectivity index (χ2v) is 4.86. The van der Waals surface area contributed by atoms with Crippen molar-refractivity contribution in [1.29, 1.82) is 0 Å². The number of nitrogens with two attached hydrogens (primary N) is 1. The molecule has 1 rings (SSSR count). The van der Waals surface area contributed by atoms with Crippen molar-refractivity contribution >= 4 is 17.6 Å². The molecule has 1 aromatic carbocycles. The fraction of sp³-hybridized carbons (Fsp3) is 0.429. The molecule has 0 spiro atoms. The highest BCUT2D eigenvalue weighted by Gasteiger charge is 2.30. The highest BCUT2D eigenvalue weighted by molar-refractivity contribution is 5.87. The molecule has 0 fully saturated rings. The molecule has 0 saturated heterocycles. The van der Waals surface area contributed by atoms with Gasteiger partial charge in [0.25, 0.3) is 0 Å². The summed E-state index contributed by atoms with van der Waals surface area (Å²) in [6.45, 7) is 3.21. The molecule has 5 heteroatoms. The minimum atomic E-state index is -1.02. The molecule has 0 bridgehead atoms. The van der Waals surface area contributed by atoms with E-state index in [9.17, 15) is 9.59 Å². The third-order valence-corrected chi connectivity index (χ3v) is 2.82. The molecule has 0 saturated carbocycles. The van der Waals surface area contributed by atoms with Crippen LogP contribution in [0.4, 0.5) is 5.69 Å². The van der Waals surface area contributed by atoms with E-state index in [1.165, 1.54) is 7.11 Å². The number of para-hydroxylation sites is 1. The van der Waals surface area contributed by atoms with E-state index in [4.69, 9.17) is 5.73 Å². The molecule has 0 aliphatic rings. The molecule has 0 radical (unpaired) electrons. The van der Waals surface area contributed by atoms with Gasteiger partial charge in [0.15, 0.2) is 0 Å². The van der Waals surface area contributed by atoms with Gasteiger partial charge in [-0.1, -0.05) is 18.2 Å². The number of carbonyl (C=O) groups excluding carboxylic acids is 2. The smallest absolute Gasteiger partial charge is 0.330 e. The van der Waals surface area contributed by atoms with Gasteiger partial charge in [-0.3, -0.25) is 4.79 Å². The number of nitrogen functional groups attached to an aromatic ring is 1. The third kappa shape index (κ3) is 4.28. The van der Waals surface area contributed by atoms with Crippen LogP contribution < -0.4 is 11.1 Å². The predicted molar refractivity (Wildman–Crippen MR) is 73.4 cm³/mol. The molecule has 0 aliphatic carbocycles. The van der Waals surface area contributed by atoms with E-state index < -0.39 is 11.5 Å². The van der Waals surface area contributed by atoms with E-state index in [2.05, 4.69) is 10.1 Å². The summed E-state index contributed by atoms with van der Waals surface area (Å²) in [5, 5.41) is 2.64. The van der Waals surface area contributed by atoms with Crippen molar-refractivity contribution in [3.05, 3.63) is 29.8 Å². The van der Waals surface area contributed by atoms with Crippen molar-refractivity contribution < 1.29 is 14.3 Å². The zero-order valence-electron chi connectivity index (χ0n) is 11.5. The largest absolute Gasteiger partial charge is 0.467 e. The number of ether oxygens (including phenoxy) is 1. The van der Waals surface area contributed by atoms with Crippen LogP contribution in [-0.4, -0.2) is 24.5 Å². The van der Waals surface area contributed by atoms with Crippen molar-refractivity contribution in [2.45, 2.75) is 32.2 Å². The van der Waals surface area contributed by atoms with E-state index in [0.717, 1.165) is 5.56 Å². The van der Waals surface area contributed by atoms with Gasteiger partial charge in [0.05, 0.1) is 7.11 Å². The fourth-order valence-electron chi connectivity index (χ4n) is 1.73. The highest BCUT2D eigenvalue weighted by Crippen LogP contribution is 2.13. The lowest BCUT2D eigenvalue weighted by molar-refractivity contribution is -0.149. The molecular formula is C14H20N2O3. The Labute approximate surface area is 113 Å².